The molecule has 0 aliphatic carbocycles. The molecule has 0 bridgehead atoms. The third-order valence-electron chi connectivity index (χ3n) is 3.35. The minimum atomic E-state index is -3.41. The fraction of sp³-hybridized carbons (Fsp3) is 0.750. The molecule has 156 valence electrons. The molecule has 6 nitrogen and oxygen atoms in total. The summed E-state index contributed by atoms with van der Waals surface area (Å²) in [6.45, 7) is 22.4. The Morgan fingerprint density at radius 1 is 0.704 bits per heavy atom. The summed E-state index contributed by atoms with van der Waals surface area (Å²) >= 11 is 0. The summed E-state index contributed by atoms with van der Waals surface area (Å²) in [6, 6.07) is 0. The molecule has 0 rings (SSSR count). The minimum Gasteiger partial charge on any atom is -0.370 e. The van der Waals surface area contributed by atoms with Gasteiger partial charge in [-0.25, -0.2) is 0 Å². The average Bonchev–Trinajstić information content (AvgIpc) is 2.52. The van der Waals surface area contributed by atoms with Crippen LogP contribution in [0.15, 0.2) is 27.7 Å². The van der Waals surface area contributed by atoms with Gasteiger partial charge in [0, 0.05) is 5.70 Å². The molecule has 7 heteroatoms. The lowest BCUT2D eigenvalue weighted by molar-refractivity contribution is 0.0781. The first kappa shape index (κ1) is 25.4. The molecular weight excluding hydrogens is 358 g/mol. The van der Waals surface area contributed by atoms with Crippen LogP contribution in [0, 0.1) is 17.8 Å². The van der Waals surface area contributed by atoms with Crippen LogP contribution in [0.2, 0.25) is 0 Å². The Morgan fingerprint density at radius 2 is 0.963 bits per heavy atom. The van der Waals surface area contributed by atoms with Crippen LogP contribution in [0.25, 0.3) is 0 Å². The van der Waals surface area contributed by atoms with E-state index in [9.17, 15) is 0 Å². The van der Waals surface area contributed by atoms with Gasteiger partial charge in [-0.05, 0) is 57.8 Å². The quantitative estimate of drug-likeness (QED) is 0.218. The van der Waals surface area contributed by atoms with E-state index >= 15 is 0 Å². The zero-order chi connectivity index (χ0) is 21.0. The lowest BCUT2D eigenvalue weighted by Gasteiger charge is -2.20. The second-order valence-corrected chi connectivity index (χ2v) is 10.5. The van der Waals surface area contributed by atoms with Gasteiger partial charge in [0.15, 0.2) is 0 Å². The maximum absolute atomic E-state index is 5.70. The third-order valence-corrected chi connectivity index (χ3v) is 4.88. The highest BCUT2D eigenvalue weighted by atomic mass is 28.4. The van der Waals surface area contributed by atoms with Gasteiger partial charge >= 0.3 is 8.80 Å². The predicted octanol–water partition coefficient (Wildman–Crippen LogP) is 5.97. The van der Waals surface area contributed by atoms with Crippen molar-refractivity contribution < 1.29 is 13.6 Å². The van der Waals surface area contributed by atoms with Gasteiger partial charge in [0.2, 0.25) is 0 Å². The van der Waals surface area contributed by atoms with E-state index < -0.39 is 8.80 Å². The zero-order valence-corrected chi connectivity index (χ0v) is 19.7. The molecular formula is C20H39N3O3Si. The number of nitrogens with zero attached hydrogens (tertiary/aromatic N) is 3. The molecule has 0 aromatic rings. The fourth-order valence-corrected chi connectivity index (χ4v) is 3.64. The predicted molar refractivity (Wildman–Crippen MR) is 117 cm³/mol. The van der Waals surface area contributed by atoms with Crippen LogP contribution in [-0.4, -0.2) is 25.9 Å². The Morgan fingerprint density at radius 3 is 1.15 bits per heavy atom. The van der Waals surface area contributed by atoms with E-state index in [0.29, 0.717) is 17.8 Å². The molecule has 0 saturated heterocycles. The summed E-state index contributed by atoms with van der Waals surface area (Å²) in [7, 11) is -3.41. The Labute approximate surface area is 167 Å². The van der Waals surface area contributed by atoms with Crippen LogP contribution >= 0.6 is 0 Å². The first-order chi connectivity index (χ1) is 12.5. The van der Waals surface area contributed by atoms with Crippen molar-refractivity contribution in [2.24, 2.45) is 33.2 Å². The first-order valence-electron chi connectivity index (χ1n) is 9.78. The standard InChI is InChI=1S/C20H39N3O3Si/c1-11-27(24-21-18(8)12-15(2)3,25-22-19(9)13-16(4)5)26-23-20(10)14-17(6)7/h11,15-17H,1,12-14H2,2-10H3/b21-18+,22-19+,23-20+. The minimum absolute atomic E-state index is 0.483. The SMILES string of the molecule is C=C[Si](O/N=C(\C)CC(C)C)(O/N=C(\C)CC(C)C)O/N=C(\C)CC(C)C. The average molecular weight is 398 g/mol. The highest BCUT2D eigenvalue weighted by Gasteiger charge is 2.49. The monoisotopic (exact) mass is 397 g/mol. The first-order valence-corrected chi connectivity index (χ1v) is 11.6. The Balaban J connectivity index is 5.44. The summed E-state index contributed by atoms with van der Waals surface area (Å²) in [6.07, 6.45) is 2.48. The number of hydrogen-bond acceptors (Lipinski definition) is 6. The van der Waals surface area contributed by atoms with Crippen LogP contribution in [-0.2, 0) is 13.6 Å². The molecule has 0 atom stereocenters. The smallest absolute Gasteiger partial charge is 0.370 e. The summed E-state index contributed by atoms with van der Waals surface area (Å²) in [5, 5.41) is 12.6. The van der Waals surface area contributed by atoms with Crippen molar-refractivity contribution >= 4 is 25.9 Å². The van der Waals surface area contributed by atoms with Crippen molar-refractivity contribution in [2.75, 3.05) is 0 Å². The third kappa shape index (κ3) is 12.4. The van der Waals surface area contributed by atoms with Gasteiger partial charge < -0.3 is 13.6 Å². The molecule has 0 N–H and O–H groups in total. The van der Waals surface area contributed by atoms with E-state index in [4.69, 9.17) is 13.6 Å². The van der Waals surface area contributed by atoms with E-state index in [2.05, 4.69) is 63.6 Å². The maximum atomic E-state index is 5.70. The molecule has 0 aliphatic heterocycles. The highest BCUT2D eigenvalue weighted by Crippen LogP contribution is 2.16. The van der Waals surface area contributed by atoms with Gasteiger partial charge in [0.05, 0.1) is 17.1 Å². The molecule has 0 unspecified atom stereocenters. The Bertz CT molecular complexity index is 471. The zero-order valence-electron chi connectivity index (χ0n) is 18.7. The highest BCUT2D eigenvalue weighted by molar-refractivity contribution is 6.66. The molecule has 0 saturated carbocycles. The molecule has 0 aromatic heterocycles. The molecule has 0 fully saturated rings. The summed E-state index contributed by atoms with van der Waals surface area (Å²) in [5.74, 6) is 1.45. The van der Waals surface area contributed by atoms with Gasteiger partial charge in [-0.3, -0.25) is 0 Å². The lowest BCUT2D eigenvalue weighted by atomic mass is 10.1. The number of oxime groups is 3. The number of rotatable bonds is 13. The second-order valence-electron chi connectivity index (χ2n) is 8.36. The summed E-state index contributed by atoms with van der Waals surface area (Å²) in [5.41, 5.74) is 4.10. The second kappa shape index (κ2) is 12.7. The molecule has 0 aliphatic rings. The Kier molecular flexibility index (Phi) is 11.9. The maximum Gasteiger partial charge on any atom is 0.791 e. The summed E-state index contributed by atoms with van der Waals surface area (Å²) in [4.78, 5) is 0. The van der Waals surface area contributed by atoms with Crippen LogP contribution in [0.1, 0.15) is 81.6 Å². The van der Waals surface area contributed by atoms with E-state index in [1.165, 1.54) is 5.70 Å². The van der Waals surface area contributed by atoms with Gasteiger partial charge in [-0.2, -0.15) is 0 Å². The van der Waals surface area contributed by atoms with Crippen molar-refractivity contribution in [3.63, 3.8) is 0 Å². The number of hydrogen-bond donors (Lipinski definition) is 0. The van der Waals surface area contributed by atoms with Crippen molar-refractivity contribution in [1.29, 1.82) is 0 Å². The summed E-state index contributed by atoms with van der Waals surface area (Å²) < 4.78 is 17.1. The molecule has 0 radical (unpaired) electrons. The van der Waals surface area contributed by atoms with Crippen LogP contribution in [0.3, 0.4) is 0 Å². The van der Waals surface area contributed by atoms with Gasteiger partial charge in [0.25, 0.3) is 0 Å². The van der Waals surface area contributed by atoms with Crippen LogP contribution in [0.5, 0.6) is 0 Å². The van der Waals surface area contributed by atoms with Crippen LogP contribution < -0.4 is 0 Å². The van der Waals surface area contributed by atoms with E-state index in [-0.39, 0.29) is 0 Å². The Hall–Kier alpha value is -1.63. The largest absolute Gasteiger partial charge is 0.791 e. The topological polar surface area (TPSA) is 64.8 Å². The van der Waals surface area contributed by atoms with E-state index in [0.717, 1.165) is 36.4 Å². The lowest BCUT2D eigenvalue weighted by Crippen LogP contribution is -2.40. The molecule has 0 amide bonds. The van der Waals surface area contributed by atoms with Crippen molar-refractivity contribution in [1.82, 2.24) is 0 Å². The van der Waals surface area contributed by atoms with E-state index in [1.54, 1.807) is 0 Å². The van der Waals surface area contributed by atoms with Crippen molar-refractivity contribution in [3.05, 3.63) is 12.3 Å². The normalized spacial score (nSPS) is 14.1. The molecule has 0 aromatic carbocycles. The van der Waals surface area contributed by atoms with Crippen LogP contribution in [0.4, 0.5) is 0 Å². The molecule has 27 heavy (non-hydrogen) atoms. The van der Waals surface area contributed by atoms with Gasteiger partial charge in [-0.15, -0.1) is 15.5 Å². The fourth-order valence-electron chi connectivity index (χ4n) is 2.47. The van der Waals surface area contributed by atoms with Gasteiger partial charge in [-0.1, -0.05) is 48.1 Å². The van der Waals surface area contributed by atoms with Gasteiger partial charge in [0.1, 0.15) is 0 Å². The molecule has 0 heterocycles. The van der Waals surface area contributed by atoms with Crippen molar-refractivity contribution in [2.45, 2.75) is 81.6 Å². The molecule has 0 spiro atoms. The van der Waals surface area contributed by atoms with Crippen molar-refractivity contribution in [3.8, 4) is 0 Å². The van der Waals surface area contributed by atoms with E-state index in [1.807, 2.05) is 20.8 Å².